The Bertz CT molecular complexity index is 631. The Morgan fingerprint density at radius 3 is 2.30 bits per heavy atom. The Hall–Kier alpha value is -2.77. The second kappa shape index (κ2) is 8.02. The molecule has 0 aliphatic heterocycles. The van der Waals surface area contributed by atoms with E-state index in [1.165, 1.54) is 18.2 Å². The lowest BCUT2D eigenvalue weighted by Crippen LogP contribution is -2.30. The average Bonchev–Trinajstić information content (AvgIpc) is 2.48. The lowest BCUT2D eigenvalue weighted by atomic mass is 10.1. The lowest BCUT2D eigenvalue weighted by molar-refractivity contribution is -0.588. The lowest BCUT2D eigenvalue weighted by Gasteiger charge is -2.11. The largest absolute Gasteiger partial charge is 0.381 e. The van der Waals surface area contributed by atoms with E-state index < -0.39 is 10.7 Å². The van der Waals surface area contributed by atoms with Gasteiger partial charge in [0.2, 0.25) is 0 Å². The maximum atomic E-state index is 12.9. The minimum atomic E-state index is -2.37. The van der Waals surface area contributed by atoms with Crippen LogP contribution in [-0.4, -0.2) is 21.7 Å². The Morgan fingerprint density at radius 2 is 1.87 bits per heavy atom. The third kappa shape index (κ3) is 5.50. The monoisotopic (exact) mass is 323 g/mol. The quantitative estimate of drug-likeness (QED) is 0.515. The molecule has 7 nitrogen and oxygen atoms in total. The smallest absolute Gasteiger partial charge is 0.377 e. The summed E-state index contributed by atoms with van der Waals surface area (Å²) >= 11 is 0. The highest BCUT2D eigenvalue weighted by Gasteiger charge is 2.39. The molecule has 0 heterocycles. The molecule has 1 unspecified atom stereocenters. The van der Waals surface area contributed by atoms with E-state index in [0.717, 1.165) is 6.08 Å². The molecule has 23 heavy (non-hydrogen) atoms. The zero-order chi connectivity index (χ0) is 17.5. The van der Waals surface area contributed by atoms with Gasteiger partial charge in [-0.2, -0.15) is 4.39 Å². The number of alkyl halides is 1. The molecule has 2 rings (SSSR count). The zero-order valence-corrected chi connectivity index (χ0v) is 12.8. The molecule has 1 aliphatic carbocycles. The summed E-state index contributed by atoms with van der Waals surface area (Å²) in [5, 5.41) is 23.6. The van der Waals surface area contributed by atoms with Crippen LogP contribution in [0.1, 0.15) is 20.3 Å². The summed E-state index contributed by atoms with van der Waals surface area (Å²) in [6.07, 6.45) is 5.14. The van der Waals surface area contributed by atoms with Gasteiger partial charge in [0.15, 0.2) is 0 Å². The molecule has 0 bridgehead atoms. The molecule has 0 spiro atoms. The molecular weight excluding hydrogens is 305 g/mol. The van der Waals surface area contributed by atoms with Crippen molar-refractivity contribution >= 4 is 11.4 Å². The van der Waals surface area contributed by atoms with Gasteiger partial charge in [0.05, 0.1) is 16.3 Å². The minimum absolute atomic E-state index is 0.121. The van der Waals surface area contributed by atoms with Crippen LogP contribution in [0, 0.1) is 20.2 Å². The van der Waals surface area contributed by atoms with E-state index in [0.29, 0.717) is 5.69 Å². The molecule has 0 amide bonds. The Labute approximate surface area is 132 Å². The van der Waals surface area contributed by atoms with Gasteiger partial charge in [0.25, 0.3) is 5.69 Å². The van der Waals surface area contributed by atoms with Gasteiger partial charge in [0, 0.05) is 18.2 Å². The van der Waals surface area contributed by atoms with Gasteiger partial charge in [-0.05, 0) is 19.9 Å². The SMILES string of the molecule is CC(C)Nc1ccccc1[N+](=O)[O-].O=[N+]([O-])C1(F)C=CC=CC1. The molecule has 1 aromatic rings. The van der Waals surface area contributed by atoms with E-state index >= 15 is 0 Å². The van der Waals surface area contributed by atoms with Crippen LogP contribution in [0.3, 0.4) is 0 Å². The molecule has 0 radical (unpaired) electrons. The van der Waals surface area contributed by atoms with Crippen LogP contribution >= 0.6 is 0 Å². The standard InChI is InChI=1S/C9H12N2O2.C6H6FNO2/c1-7(2)10-8-5-3-4-6-9(8)11(12)13;7-6(8(9)10)4-2-1-3-5-6/h3-7,10H,1-2H3;1-4H,5H2. The first-order chi connectivity index (χ1) is 10.8. The maximum absolute atomic E-state index is 12.9. The van der Waals surface area contributed by atoms with E-state index in [2.05, 4.69) is 5.32 Å². The fourth-order valence-corrected chi connectivity index (χ4v) is 1.78. The van der Waals surface area contributed by atoms with Crippen LogP contribution in [0.5, 0.6) is 0 Å². The Kier molecular flexibility index (Phi) is 6.37. The number of nitro groups is 2. The van der Waals surface area contributed by atoms with E-state index in [4.69, 9.17) is 0 Å². The van der Waals surface area contributed by atoms with Gasteiger partial charge in [-0.15, -0.1) is 0 Å². The highest BCUT2D eigenvalue weighted by atomic mass is 19.1. The third-order valence-corrected chi connectivity index (χ3v) is 2.85. The number of para-hydroxylation sites is 2. The maximum Gasteiger partial charge on any atom is 0.381 e. The van der Waals surface area contributed by atoms with E-state index in [-0.39, 0.29) is 23.1 Å². The van der Waals surface area contributed by atoms with Crippen molar-refractivity contribution in [2.45, 2.75) is 32.1 Å². The highest BCUT2D eigenvalue weighted by molar-refractivity contribution is 5.61. The zero-order valence-electron chi connectivity index (χ0n) is 12.8. The number of hydrogen-bond donors (Lipinski definition) is 1. The topological polar surface area (TPSA) is 98.3 Å². The fourth-order valence-electron chi connectivity index (χ4n) is 1.78. The van der Waals surface area contributed by atoms with Crippen molar-refractivity contribution in [3.63, 3.8) is 0 Å². The first-order valence-electron chi connectivity index (χ1n) is 6.94. The molecule has 0 saturated heterocycles. The minimum Gasteiger partial charge on any atom is -0.377 e. The predicted octanol–water partition coefficient (Wildman–Crippen LogP) is 3.86. The van der Waals surface area contributed by atoms with Crippen molar-refractivity contribution in [3.8, 4) is 0 Å². The van der Waals surface area contributed by atoms with Gasteiger partial charge in [0.1, 0.15) is 5.69 Å². The summed E-state index contributed by atoms with van der Waals surface area (Å²) in [5.74, 6) is -2.37. The molecule has 8 heteroatoms. The number of benzene rings is 1. The second-order valence-electron chi connectivity index (χ2n) is 5.14. The molecule has 1 aliphatic rings. The summed E-state index contributed by atoms with van der Waals surface area (Å²) in [6, 6.07) is 6.82. The number of nitro benzene ring substituents is 1. The Morgan fingerprint density at radius 1 is 1.22 bits per heavy atom. The van der Waals surface area contributed by atoms with Gasteiger partial charge < -0.3 is 5.32 Å². The third-order valence-electron chi connectivity index (χ3n) is 2.85. The van der Waals surface area contributed by atoms with E-state index in [1.54, 1.807) is 24.3 Å². The normalized spacial score (nSPS) is 19.0. The van der Waals surface area contributed by atoms with Gasteiger partial charge >= 0.3 is 5.79 Å². The number of hydrogen-bond acceptors (Lipinski definition) is 5. The molecule has 1 N–H and O–H groups in total. The van der Waals surface area contributed by atoms with Crippen LogP contribution in [0.25, 0.3) is 0 Å². The van der Waals surface area contributed by atoms with Gasteiger partial charge in [-0.1, -0.05) is 30.4 Å². The van der Waals surface area contributed by atoms with Crippen molar-refractivity contribution in [3.05, 3.63) is 68.8 Å². The number of nitrogens with zero attached hydrogens (tertiary/aromatic N) is 2. The van der Waals surface area contributed by atoms with Crippen LogP contribution in [0.4, 0.5) is 15.8 Å². The average molecular weight is 323 g/mol. The summed E-state index contributed by atoms with van der Waals surface area (Å²) < 4.78 is 12.9. The first kappa shape index (κ1) is 18.3. The number of halogens is 1. The molecule has 124 valence electrons. The summed E-state index contributed by atoms with van der Waals surface area (Å²) in [6.45, 7) is 3.88. The molecule has 0 aromatic heterocycles. The summed E-state index contributed by atoms with van der Waals surface area (Å²) in [5.41, 5.74) is 0.693. The van der Waals surface area contributed by atoms with Crippen molar-refractivity contribution in [2.75, 3.05) is 5.32 Å². The van der Waals surface area contributed by atoms with Crippen LogP contribution < -0.4 is 5.32 Å². The van der Waals surface area contributed by atoms with Gasteiger partial charge in [-0.25, -0.2) is 0 Å². The molecule has 0 fully saturated rings. The van der Waals surface area contributed by atoms with Crippen molar-refractivity contribution in [1.29, 1.82) is 0 Å². The molecule has 1 atom stereocenters. The van der Waals surface area contributed by atoms with Crippen LogP contribution in [-0.2, 0) is 0 Å². The number of nitrogens with one attached hydrogen (secondary N) is 1. The van der Waals surface area contributed by atoms with Gasteiger partial charge in [-0.3, -0.25) is 20.2 Å². The van der Waals surface area contributed by atoms with Crippen molar-refractivity contribution < 1.29 is 14.2 Å². The van der Waals surface area contributed by atoms with E-state index in [1.807, 2.05) is 13.8 Å². The van der Waals surface area contributed by atoms with E-state index in [9.17, 15) is 24.6 Å². The fraction of sp³-hybridized carbons (Fsp3) is 0.333. The number of anilines is 1. The Balaban J connectivity index is 0.000000238. The number of allylic oxidation sites excluding steroid dienone is 2. The molecule has 0 saturated carbocycles. The summed E-state index contributed by atoms with van der Waals surface area (Å²) in [4.78, 5) is 19.3. The number of rotatable bonds is 4. The first-order valence-corrected chi connectivity index (χ1v) is 6.94. The second-order valence-corrected chi connectivity index (χ2v) is 5.14. The highest BCUT2D eigenvalue weighted by Crippen LogP contribution is 2.23. The van der Waals surface area contributed by atoms with Crippen LogP contribution in [0.15, 0.2) is 48.6 Å². The van der Waals surface area contributed by atoms with Crippen molar-refractivity contribution in [2.24, 2.45) is 0 Å². The predicted molar refractivity (Wildman–Crippen MR) is 85.6 cm³/mol. The summed E-state index contributed by atoms with van der Waals surface area (Å²) in [7, 11) is 0. The molecule has 1 aromatic carbocycles. The van der Waals surface area contributed by atoms with Crippen LogP contribution in [0.2, 0.25) is 0 Å². The molecular formula is C15H18FN3O4. The van der Waals surface area contributed by atoms with Crippen molar-refractivity contribution in [1.82, 2.24) is 0 Å².